The average Bonchev–Trinajstić information content (AvgIpc) is 2.93. The van der Waals surface area contributed by atoms with Gasteiger partial charge in [0, 0.05) is 0 Å². The number of hydrogen-bond donors (Lipinski definition) is 1. The van der Waals surface area contributed by atoms with Crippen molar-refractivity contribution in [2.24, 2.45) is 5.41 Å². The molecule has 1 aliphatic rings. The van der Waals surface area contributed by atoms with Gasteiger partial charge in [0.2, 0.25) is 0 Å². The molecule has 0 unspecified atom stereocenters. The molecule has 169 valence electrons. The molecule has 1 aliphatic carbocycles. The third-order valence-corrected chi connectivity index (χ3v) is 8.37. The van der Waals surface area contributed by atoms with E-state index < -0.39 is 0 Å². The van der Waals surface area contributed by atoms with Gasteiger partial charge in [-0.2, -0.15) is 0 Å². The molecule has 0 saturated carbocycles. The zero-order valence-corrected chi connectivity index (χ0v) is 23.9. The third kappa shape index (κ3) is 4.97. The van der Waals surface area contributed by atoms with Gasteiger partial charge in [-0.1, -0.05) is 0 Å². The summed E-state index contributed by atoms with van der Waals surface area (Å²) in [4.78, 5) is 0. The van der Waals surface area contributed by atoms with Crippen LogP contribution in [0.2, 0.25) is 0 Å². The van der Waals surface area contributed by atoms with E-state index in [4.69, 9.17) is 0 Å². The van der Waals surface area contributed by atoms with Crippen molar-refractivity contribution in [2.45, 2.75) is 91.5 Å². The van der Waals surface area contributed by atoms with Gasteiger partial charge >= 0.3 is 191 Å². The first-order valence-corrected chi connectivity index (χ1v) is 11.6. The maximum atomic E-state index is 3.59. The fourth-order valence-corrected chi connectivity index (χ4v) is 4.99. The summed E-state index contributed by atoms with van der Waals surface area (Å²) >= 11 is 2.09. The topological polar surface area (TPSA) is 12.0 Å². The summed E-state index contributed by atoms with van der Waals surface area (Å²) in [7, 11) is 0. The molecule has 0 spiro atoms. The number of fused-ring (bicyclic) bond motifs is 3. The van der Waals surface area contributed by atoms with Crippen LogP contribution in [-0.4, -0.2) is 5.54 Å². The Balaban J connectivity index is 0.00000240. The van der Waals surface area contributed by atoms with Gasteiger partial charge in [0.15, 0.2) is 0 Å². The van der Waals surface area contributed by atoms with Crippen LogP contribution < -0.4 is 28.6 Å². The van der Waals surface area contributed by atoms with Gasteiger partial charge < -0.3 is 24.8 Å². The normalized spacial score (nSPS) is 14.5. The molecular weight excluding hydrogens is 457 g/mol. The number of rotatable bonds is 3. The van der Waals surface area contributed by atoms with Gasteiger partial charge in [-0.25, -0.2) is 0 Å². The van der Waals surface area contributed by atoms with E-state index >= 15 is 0 Å². The van der Waals surface area contributed by atoms with E-state index in [-0.39, 0.29) is 46.6 Å². The quantitative estimate of drug-likeness (QED) is 0.633. The van der Waals surface area contributed by atoms with Crippen LogP contribution in [0.4, 0.5) is 0 Å². The summed E-state index contributed by atoms with van der Waals surface area (Å²) in [6.45, 7) is 23.3. The Labute approximate surface area is 215 Å². The van der Waals surface area contributed by atoms with Crippen LogP contribution in [0.1, 0.15) is 97.4 Å². The molecule has 2 aromatic carbocycles. The summed E-state index contributed by atoms with van der Waals surface area (Å²) in [6, 6.07) is 14.4. The van der Waals surface area contributed by atoms with Crippen molar-refractivity contribution in [2.75, 3.05) is 0 Å². The summed E-state index contributed by atoms with van der Waals surface area (Å²) in [6.07, 6.45) is 0. The molecule has 1 nitrogen and oxygen atoms in total. The summed E-state index contributed by atoms with van der Waals surface area (Å²) in [5, 5.41) is 0. The van der Waals surface area contributed by atoms with Gasteiger partial charge in [0.05, 0.1) is 0 Å². The van der Waals surface area contributed by atoms with Crippen LogP contribution in [0, 0.1) is 5.41 Å². The third-order valence-electron chi connectivity index (χ3n) is 7.40. The molecule has 0 aromatic heterocycles. The average molecular weight is 495 g/mol. The molecule has 0 bridgehead atoms. The first-order valence-electron chi connectivity index (χ1n) is 10.8. The molecule has 0 atom stereocenters. The molecule has 0 heterocycles. The minimum Gasteiger partial charge on any atom is -1.00 e. The van der Waals surface area contributed by atoms with Crippen LogP contribution in [0.3, 0.4) is 0 Å². The largest absolute Gasteiger partial charge is 1.00 e. The summed E-state index contributed by atoms with van der Waals surface area (Å²) in [5.74, 6) is 0.373. The molecule has 2 aromatic rings. The number of benzene rings is 2. The molecule has 0 amide bonds. The smallest absolute Gasteiger partial charge is 1.00 e. The second-order valence-corrected chi connectivity index (χ2v) is 12.4. The maximum Gasteiger partial charge on any atom is -1.00 e. The van der Waals surface area contributed by atoms with Crippen molar-refractivity contribution < 1.29 is 45.5 Å². The number of halogens is 2. The number of nitrogens with one attached hydrogen (secondary N) is 1. The van der Waals surface area contributed by atoms with Crippen LogP contribution in [-0.2, 0) is 31.5 Å². The molecule has 0 aliphatic heterocycles. The second-order valence-electron chi connectivity index (χ2n) is 12.0. The van der Waals surface area contributed by atoms with Crippen molar-refractivity contribution in [3.05, 3.63) is 58.7 Å². The van der Waals surface area contributed by atoms with Gasteiger partial charge in [-0.05, 0) is 0 Å². The van der Waals surface area contributed by atoms with Crippen molar-refractivity contribution in [3.8, 4) is 11.1 Å². The van der Waals surface area contributed by atoms with Crippen molar-refractivity contribution >= 4 is 0 Å². The standard InChI is InChI=1S/C27H38N.2ClH.Ti/c1-24(2,3)17-11-13-19-21(15-17)22-16-18(25(4,5)6)12-14-20(22)23(19)26(7,8)27(9,10)28;;;/h11-16,23,28H,1-10H3;2*1H;/q-1;;;+3/p-2. The van der Waals surface area contributed by atoms with E-state index in [2.05, 4.69) is 130 Å². The number of hydrogen-bond acceptors (Lipinski definition) is 1. The van der Waals surface area contributed by atoms with Crippen LogP contribution >= 0.6 is 0 Å². The van der Waals surface area contributed by atoms with Crippen molar-refractivity contribution in [1.29, 1.82) is 0 Å². The van der Waals surface area contributed by atoms with Gasteiger partial charge in [-0.3, -0.25) is 0 Å². The Morgan fingerprint density at radius 1 is 0.645 bits per heavy atom. The Morgan fingerprint density at radius 3 is 1.29 bits per heavy atom. The maximum absolute atomic E-state index is 3.59. The molecule has 31 heavy (non-hydrogen) atoms. The Bertz CT molecular complexity index is 870. The fraction of sp³-hybridized carbons (Fsp3) is 0.556. The first kappa shape index (κ1) is 28.7. The Kier molecular flexibility index (Phi) is 8.48. The Hall–Kier alpha value is -0.306. The van der Waals surface area contributed by atoms with E-state index in [0.717, 1.165) is 0 Å². The first-order chi connectivity index (χ1) is 13.1. The van der Waals surface area contributed by atoms with Crippen molar-refractivity contribution in [3.63, 3.8) is 0 Å². The van der Waals surface area contributed by atoms with Gasteiger partial charge in [-0.15, -0.1) is 0 Å². The van der Waals surface area contributed by atoms with E-state index in [1.165, 1.54) is 33.4 Å². The SMILES string of the molecule is CC(C)(C)c1ccc2c(c1)-c1cc(C(C)(C)C)ccc1C2C(C)(C)C(C)(C)[NH][Ti+2].[Cl-].[Cl-]. The van der Waals surface area contributed by atoms with Crippen LogP contribution in [0.15, 0.2) is 36.4 Å². The zero-order valence-electron chi connectivity index (χ0n) is 20.8. The minimum absolute atomic E-state index is 0. The summed E-state index contributed by atoms with van der Waals surface area (Å²) in [5.41, 5.74) is 9.00. The van der Waals surface area contributed by atoms with Crippen molar-refractivity contribution in [1.82, 2.24) is 3.80 Å². The predicted octanol–water partition coefficient (Wildman–Crippen LogP) is 1.26. The van der Waals surface area contributed by atoms with E-state index in [1.54, 1.807) is 0 Å². The van der Waals surface area contributed by atoms with Gasteiger partial charge in [0.1, 0.15) is 0 Å². The Morgan fingerprint density at radius 2 is 1.00 bits per heavy atom. The molecular formula is C27H38Cl2NTi. The molecule has 1 N–H and O–H groups in total. The zero-order chi connectivity index (χ0) is 22.0. The van der Waals surface area contributed by atoms with Crippen LogP contribution in [0.5, 0.6) is 0 Å². The molecule has 4 heteroatoms. The molecule has 0 radical (unpaired) electrons. The minimum atomic E-state index is 0. The molecule has 0 saturated heterocycles. The second kappa shape index (κ2) is 9.15. The van der Waals surface area contributed by atoms with E-state index in [1.807, 2.05) is 0 Å². The molecule has 3 rings (SSSR count). The van der Waals surface area contributed by atoms with Gasteiger partial charge in [0.25, 0.3) is 0 Å². The predicted molar refractivity (Wildman–Crippen MR) is 122 cm³/mol. The van der Waals surface area contributed by atoms with E-state index in [9.17, 15) is 0 Å². The van der Waals surface area contributed by atoms with Crippen LogP contribution in [0.25, 0.3) is 11.1 Å². The van der Waals surface area contributed by atoms with E-state index in [0.29, 0.717) is 5.92 Å². The fourth-order valence-electron chi connectivity index (χ4n) is 4.48. The molecule has 0 fully saturated rings. The monoisotopic (exact) mass is 494 g/mol. The summed E-state index contributed by atoms with van der Waals surface area (Å²) < 4.78 is 3.59.